The first-order valence-corrected chi connectivity index (χ1v) is 14.0. The average molecular weight is 652 g/mol. The molecule has 0 aliphatic carbocycles. The van der Waals surface area contributed by atoms with E-state index in [1.54, 1.807) is 34.4 Å². The Kier molecular flexibility index (Phi) is 10.4. The van der Waals surface area contributed by atoms with Crippen LogP contribution < -0.4 is 26.6 Å². The van der Waals surface area contributed by atoms with E-state index in [2.05, 4.69) is 51.3 Å². The maximum atomic E-state index is 12.9. The summed E-state index contributed by atoms with van der Waals surface area (Å²) in [6.45, 7) is 0.0126. The van der Waals surface area contributed by atoms with E-state index in [1.165, 1.54) is 50.2 Å². The van der Waals surface area contributed by atoms with Crippen LogP contribution in [0.5, 0.6) is 0 Å². The van der Waals surface area contributed by atoms with Gasteiger partial charge in [0, 0.05) is 78.7 Å². The number of amides is 5. The van der Waals surface area contributed by atoms with Gasteiger partial charge in [0.05, 0.1) is 13.5 Å². The number of imidazole rings is 4. The van der Waals surface area contributed by atoms with Crippen molar-refractivity contribution in [2.24, 2.45) is 28.2 Å². The van der Waals surface area contributed by atoms with Crippen LogP contribution in [0.1, 0.15) is 55.3 Å². The maximum absolute atomic E-state index is 12.9. The van der Waals surface area contributed by atoms with Crippen LogP contribution in [-0.4, -0.2) is 93.9 Å². The number of nitrogens with zero attached hydrogens (tertiary/aromatic N) is 8. The first kappa shape index (κ1) is 33.6. The molecule has 47 heavy (non-hydrogen) atoms. The van der Waals surface area contributed by atoms with Gasteiger partial charge in [-0.15, -0.1) is 0 Å². The van der Waals surface area contributed by atoms with Crippen molar-refractivity contribution in [3.8, 4) is 0 Å². The molecule has 0 bridgehead atoms. The number of anilines is 3. The van der Waals surface area contributed by atoms with E-state index in [-0.39, 0.29) is 66.7 Å². The SMILES string of the molecule is COC(=O)CCNC(=O)c1nc(NC(=O)c2nc(NC(=O)CCNC(=O)c3nc(NC(=O)c4nccn4C)cn3C)cn2C)cn1C. The Morgan fingerprint density at radius 3 is 1.53 bits per heavy atom. The number of carbonyl (C=O) groups excluding carboxylic acids is 6. The molecule has 4 heterocycles. The molecule has 0 aromatic carbocycles. The summed E-state index contributed by atoms with van der Waals surface area (Å²) in [4.78, 5) is 90.4. The maximum Gasteiger partial charge on any atom is 0.307 e. The number of aryl methyl sites for hydroxylation is 4. The largest absolute Gasteiger partial charge is 0.469 e. The fraction of sp³-hybridized carbons (Fsp3) is 0.333. The highest BCUT2D eigenvalue weighted by Gasteiger charge is 2.21. The van der Waals surface area contributed by atoms with Gasteiger partial charge in [0.2, 0.25) is 23.4 Å². The average Bonchev–Trinajstić information content (AvgIpc) is 3.79. The predicted octanol–water partition coefficient (Wildman–Crippen LogP) is -0.823. The number of carbonyl (C=O) groups is 6. The van der Waals surface area contributed by atoms with Gasteiger partial charge in [-0.2, -0.15) is 0 Å². The lowest BCUT2D eigenvalue weighted by molar-refractivity contribution is -0.140. The molecular weight excluding hydrogens is 618 g/mol. The van der Waals surface area contributed by atoms with Gasteiger partial charge in [0.25, 0.3) is 23.6 Å². The van der Waals surface area contributed by atoms with Crippen molar-refractivity contribution in [2.75, 3.05) is 36.1 Å². The zero-order valence-corrected chi connectivity index (χ0v) is 26.2. The first-order chi connectivity index (χ1) is 22.4. The van der Waals surface area contributed by atoms with Crippen LogP contribution in [-0.2, 0) is 42.5 Å². The fourth-order valence-corrected chi connectivity index (χ4v) is 4.17. The minimum absolute atomic E-state index is 0.000662. The summed E-state index contributed by atoms with van der Waals surface area (Å²) in [5.41, 5.74) is 0. The van der Waals surface area contributed by atoms with Crippen molar-refractivity contribution in [1.82, 2.24) is 48.8 Å². The van der Waals surface area contributed by atoms with Gasteiger partial charge in [-0.05, 0) is 0 Å². The molecule has 0 aliphatic heterocycles. The third-order valence-electron chi connectivity index (χ3n) is 6.49. The lowest BCUT2D eigenvalue weighted by Gasteiger charge is -2.05. The fourth-order valence-electron chi connectivity index (χ4n) is 4.17. The number of aromatic nitrogens is 8. The minimum atomic E-state index is -0.651. The van der Waals surface area contributed by atoms with Crippen molar-refractivity contribution in [2.45, 2.75) is 12.8 Å². The molecule has 4 rings (SSSR count). The molecule has 248 valence electrons. The molecule has 5 amide bonds. The topological polar surface area (TPSA) is 243 Å². The Balaban J connectivity index is 1.25. The smallest absolute Gasteiger partial charge is 0.307 e. The van der Waals surface area contributed by atoms with Crippen molar-refractivity contribution >= 4 is 53.0 Å². The molecular formula is C27H33N13O7. The highest BCUT2D eigenvalue weighted by molar-refractivity contribution is 6.03. The van der Waals surface area contributed by atoms with Crippen LogP contribution in [0.15, 0.2) is 31.0 Å². The molecule has 4 aromatic heterocycles. The van der Waals surface area contributed by atoms with Crippen molar-refractivity contribution < 1.29 is 33.5 Å². The number of methoxy groups -OCH3 is 1. The van der Waals surface area contributed by atoms with Gasteiger partial charge < -0.3 is 49.6 Å². The Bertz CT molecular complexity index is 1830. The molecule has 5 N–H and O–H groups in total. The Labute approximate surface area is 266 Å². The molecule has 0 unspecified atom stereocenters. The molecule has 20 nitrogen and oxygen atoms in total. The van der Waals surface area contributed by atoms with E-state index >= 15 is 0 Å². The molecule has 0 fully saturated rings. The second-order valence-electron chi connectivity index (χ2n) is 10.1. The minimum Gasteiger partial charge on any atom is -0.469 e. The van der Waals surface area contributed by atoms with Crippen LogP contribution in [0, 0.1) is 0 Å². The second-order valence-corrected chi connectivity index (χ2v) is 10.1. The van der Waals surface area contributed by atoms with Crippen LogP contribution in [0.2, 0.25) is 0 Å². The standard InChI is InChI=1S/C27H33N13O7/c1-37-11-10-28-20(37)26(45)35-16-13-38(2)21(33-16)24(43)29-8-6-18(41)31-15-12-40(4)23(32-15)27(46)36-17-14-39(3)22(34-17)25(44)30-9-7-19(42)47-5/h10-14H,6-9H2,1-5H3,(H,29,43)(H,30,44)(H,31,41)(H,35,45)(H,36,46). The molecule has 0 saturated carbocycles. The van der Waals surface area contributed by atoms with Crippen LogP contribution in [0.4, 0.5) is 17.5 Å². The summed E-state index contributed by atoms with van der Waals surface area (Å²) >= 11 is 0. The lowest BCUT2D eigenvalue weighted by Crippen LogP contribution is -2.29. The Morgan fingerprint density at radius 1 is 0.617 bits per heavy atom. The summed E-state index contributed by atoms with van der Waals surface area (Å²) in [5.74, 6) is -2.75. The number of hydrogen-bond acceptors (Lipinski definition) is 11. The quantitative estimate of drug-likeness (QED) is 0.112. The number of hydrogen-bond donors (Lipinski definition) is 5. The molecule has 0 atom stereocenters. The van der Waals surface area contributed by atoms with Crippen molar-refractivity contribution in [3.63, 3.8) is 0 Å². The Hall–Kier alpha value is -6.34. The van der Waals surface area contributed by atoms with E-state index in [0.717, 1.165) is 0 Å². The molecule has 0 spiro atoms. The summed E-state index contributed by atoms with van der Waals surface area (Å²) in [7, 11) is 7.61. The third kappa shape index (κ3) is 8.44. The normalized spacial score (nSPS) is 10.7. The number of ether oxygens (including phenoxy) is 1. The van der Waals surface area contributed by atoms with E-state index in [1.807, 2.05) is 0 Å². The highest BCUT2D eigenvalue weighted by Crippen LogP contribution is 2.13. The van der Waals surface area contributed by atoms with E-state index < -0.39 is 35.5 Å². The van der Waals surface area contributed by atoms with E-state index in [4.69, 9.17) is 0 Å². The summed E-state index contributed by atoms with van der Waals surface area (Å²) < 4.78 is 10.3. The van der Waals surface area contributed by atoms with Crippen LogP contribution in [0.25, 0.3) is 0 Å². The van der Waals surface area contributed by atoms with Gasteiger partial charge >= 0.3 is 5.97 Å². The third-order valence-corrected chi connectivity index (χ3v) is 6.49. The van der Waals surface area contributed by atoms with Gasteiger partial charge in [-0.3, -0.25) is 28.8 Å². The van der Waals surface area contributed by atoms with Gasteiger partial charge in [-0.1, -0.05) is 0 Å². The summed E-state index contributed by atoms with van der Waals surface area (Å²) in [6, 6.07) is 0. The number of esters is 1. The zero-order valence-electron chi connectivity index (χ0n) is 26.2. The van der Waals surface area contributed by atoms with E-state index in [0.29, 0.717) is 0 Å². The van der Waals surface area contributed by atoms with Gasteiger partial charge in [0.1, 0.15) is 0 Å². The number of rotatable bonds is 13. The van der Waals surface area contributed by atoms with E-state index in [9.17, 15) is 28.8 Å². The second kappa shape index (κ2) is 14.6. The summed E-state index contributed by atoms with van der Waals surface area (Å²) in [6.07, 6.45) is 7.30. The van der Waals surface area contributed by atoms with Crippen LogP contribution in [0.3, 0.4) is 0 Å². The molecule has 0 radical (unpaired) electrons. The highest BCUT2D eigenvalue weighted by atomic mass is 16.5. The molecule has 4 aromatic rings. The predicted molar refractivity (Wildman–Crippen MR) is 163 cm³/mol. The van der Waals surface area contributed by atoms with Gasteiger partial charge in [0.15, 0.2) is 23.3 Å². The molecule has 20 heteroatoms. The Morgan fingerprint density at radius 2 is 1.06 bits per heavy atom. The molecule has 0 aliphatic rings. The van der Waals surface area contributed by atoms with Gasteiger partial charge in [-0.25, -0.2) is 19.9 Å². The number of nitrogens with one attached hydrogen (secondary N) is 5. The van der Waals surface area contributed by atoms with Crippen molar-refractivity contribution in [3.05, 3.63) is 54.3 Å². The van der Waals surface area contributed by atoms with Crippen molar-refractivity contribution in [1.29, 1.82) is 0 Å². The monoisotopic (exact) mass is 651 g/mol. The lowest BCUT2D eigenvalue weighted by atomic mass is 10.4. The first-order valence-electron chi connectivity index (χ1n) is 14.0. The van der Waals surface area contributed by atoms with Crippen LogP contribution >= 0.6 is 0 Å². The molecule has 0 saturated heterocycles. The summed E-state index contributed by atoms with van der Waals surface area (Å²) in [5, 5.41) is 12.8. The zero-order chi connectivity index (χ0) is 34.2.